The molecule has 0 aliphatic heterocycles. The van der Waals surface area contributed by atoms with Gasteiger partial charge in [0, 0.05) is 13.1 Å². The zero-order valence-electron chi connectivity index (χ0n) is 10.6. The Labute approximate surface area is 104 Å². The molecule has 3 aliphatic rings. The number of nitrogens with two attached hydrogens (primary N) is 1. The van der Waals surface area contributed by atoms with E-state index in [0.29, 0.717) is 6.54 Å². The van der Waals surface area contributed by atoms with E-state index in [2.05, 4.69) is 5.32 Å². The second-order valence-electron chi connectivity index (χ2n) is 6.39. The summed E-state index contributed by atoms with van der Waals surface area (Å²) in [5.74, 6) is 2.84. The maximum atomic E-state index is 12.2. The van der Waals surface area contributed by atoms with E-state index >= 15 is 0 Å². The SMILES string of the molecule is NCC1(C(=O)NCC(C2CC2)C2CC2)CCC1. The van der Waals surface area contributed by atoms with Crippen LogP contribution in [0, 0.1) is 23.2 Å². The molecule has 3 aliphatic carbocycles. The first-order valence-electron chi connectivity index (χ1n) is 7.23. The minimum Gasteiger partial charge on any atom is -0.355 e. The molecule has 17 heavy (non-hydrogen) atoms. The van der Waals surface area contributed by atoms with Crippen LogP contribution in [0.4, 0.5) is 0 Å². The summed E-state index contributed by atoms with van der Waals surface area (Å²) in [5.41, 5.74) is 5.56. The summed E-state index contributed by atoms with van der Waals surface area (Å²) in [6.45, 7) is 1.44. The third-order valence-corrected chi connectivity index (χ3v) is 5.14. The first kappa shape index (κ1) is 11.5. The van der Waals surface area contributed by atoms with Crippen LogP contribution < -0.4 is 11.1 Å². The zero-order valence-corrected chi connectivity index (χ0v) is 10.6. The van der Waals surface area contributed by atoms with Crippen LogP contribution in [0.5, 0.6) is 0 Å². The Morgan fingerprint density at radius 2 is 1.82 bits per heavy atom. The summed E-state index contributed by atoms with van der Waals surface area (Å²) < 4.78 is 0. The van der Waals surface area contributed by atoms with Crippen molar-refractivity contribution < 1.29 is 4.79 Å². The van der Waals surface area contributed by atoms with Gasteiger partial charge >= 0.3 is 0 Å². The van der Waals surface area contributed by atoms with Crippen molar-refractivity contribution in [1.29, 1.82) is 0 Å². The fourth-order valence-electron chi connectivity index (χ4n) is 3.29. The van der Waals surface area contributed by atoms with Crippen LogP contribution in [0.1, 0.15) is 44.9 Å². The van der Waals surface area contributed by atoms with Crippen LogP contribution >= 0.6 is 0 Å². The fraction of sp³-hybridized carbons (Fsp3) is 0.929. The first-order chi connectivity index (χ1) is 8.25. The van der Waals surface area contributed by atoms with Crippen molar-refractivity contribution in [3.8, 4) is 0 Å². The molecule has 0 unspecified atom stereocenters. The molecule has 0 aromatic carbocycles. The molecule has 0 spiro atoms. The largest absolute Gasteiger partial charge is 0.355 e. The lowest BCUT2D eigenvalue weighted by Gasteiger charge is -2.39. The summed E-state index contributed by atoms with van der Waals surface area (Å²) in [4.78, 5) is 12.2. The Morgan fingerprint density at radius 1 is 1.24 bits per heavy atom. The van der Waals surface area contributed by atoms with Crippen molar-refractivity contribution in [2.24, 2.45) is 28.9 Å². The first-order valence-corrected chi connectivity index (χ1v) is 7.23. The molecule has 3 nitrogen and oxygen atoms in total. The van der Waals surface area contributed by atoms with E-state index in [9.17, 15) is 4.79 Å². The van der Waals surface area contributed by atoms with Crippen LogP contribution in [0.25, 0.3) is 0 Å². The quantitative estimate of drug-likeness (QED) is 0.737. The van der Waals surface area contributed by atoms with Gasteiger partial charge in [0.15, 0.2) is 0 Å². The number of hydrogen-bond donors (Lipinski definition) is 2. The van der Waals surface area contributed by atoms with Crippen LogP contribution in [-0.4, -0.2) is 19.0 Å². The molecule has 0 radical (unpaired) electrons. The highest BCUT2D eigenvalue weighted by Crippen LogP contribution is 2.49. The van der Waals surface area contributed by atoms with Gasteiger partial charge in [-0.15, -0.1) is 0 Å². The number of carbonyl (C=O) groups excluding carboxylic acids is 1. The Morgan fingerprint density at radius 3 is 2.18 bits per heavy atom. The Kier molecular flexibility index (Phi) is 2.89. The van der Waals surface area contributed by atoms with Crippen molar-refractivity contribution in [3.63, 3.8) is 0 Å². The molecule has 3 N–H and O–H groups in total. The van der Waals surface area contributed by atoms with E-state index in [0.717, 1.165) is 37.1 Å². The average molecular weight is 236 g/mol. The van der Waals surface area contributed by atoms with Gasteiger partial charge in [-0.2, -0.15) is 0 Å². The van der Waals surface area contributed by atoms with Crippen LogP contribution in [0.15, 0.2) is 0 Å². The molecule has 0 aromatic heterocycles. The van der Waals surface area contributed by atoms with Gasteiger partial charge in [-0.3, -0.25) is 4.79 Å². The maximum absolute atomic E-state index is 12.2. The van der Waals surface area contributed by atoms with Crippen LogP contribution in [0.3, 0.4) is 0 Å². The highest BCUT2D eigenvalue weighted by molar-refractivity contribution is 5.83. The Hall–Kier alpha value is -0.570. The molecule has 3 rings (SSSR count). The smallest absolute Gasteiger partial charge is 0.227 e. The van der Waals surface area contributed by atoms with E-state index < -0.39 is 0 Å². The number of hydrogen-bond acceptors (Lipinski definition) is 2. The molecule has 3 saturated carbocycles. The topological polar surface area (TPSA) is 55.1 Å². The highest BCUT2D eigenvalue weighted by Gasteiger charge is 2.45. The van der Waals surface area contributed by atoms with Crippen molar-refractivity contribution in [1.82, 2.24) is 5.32 Å². The van der Waals surface area contributed by atoms with Crippen molar-refractivity contribution in [3.05, 3.63) is 0 Å². The Bertz CT molecular complexity index is 286. The van der Waals surface area contributed by atoms with Crippen molar-refractivity contribution >= 4 is 5.91 Å². The molecule has 96 valence electrons. The molecule has 3 heteroatoms. The monoisotopic (exact) mass is 236 g/mol. The van der Waals surface area contributed by atoms with Crippen molar-refractivity contribution in [2.75, 3.05) is 13.1 Å². The minimum absolute atomic E-state index is 0.197. The number of amides is 1. The van der Waals surface area contributed by atoms with E-state index in [1.807, 2.05) is 0 Å². The van der Waals surface area contributed by atoms with Crippen LogP contribution in [0.2, 0.25) is 0 Å². The third-order valence-electron chi connectivity index (χ3n) is 5.14. The molecule has 0 heterocycles. The van der Waals surface area contributed by atoms with E-state index in [1.54, 1.807) is 0 Å². The molecule has 0 aromatic rings. The van der Waals surface area contributed by atoms with Crippen molar-refractivity contribution in [2.45, 2.75) is 44.9 Å². The summed E-state index contributed by atoms with van der Waals surface area (Å²) in [5, 5.41) is 3.20. The standard InChI is InChI=1S/C14H24N2O/c15-9-14(6-1-7-14)13(17)16-8-12(10-2-3-10)11-4-5-11/h10-12H,1-9,15H2,(H,16,17). The van der Waals surface area contributed by atoms with Gasteiger partial charge in [-0.1, -0.05) is 6.42 Å². The number of rotatable bonds is 6. The third kappa shape index (κ3) is 2.22. The summed E-state index contributed by atoms with van der Waals surface area (Å²) in [6.07, 6.45) is 8.70. The number of carbonyl (C=O) groups is 1. The molecular formula is C14H24N2O. The van der Waals surface area contributed by atoms with E-state index in [4.69, 9.17) is 5.73 Å². The van der Waals surface area contributed by atoms with Gasteiger partial charge in [0.1, 0.15) is 0 Å². The van der Waals surface area contributed by atoms with Gasteiger partial charge in [0.25, 0.3) is 0 Å². The van der Waals surface area contributed by atoms with Gasteiger partial charge in [-0.05, 0) is 56.3 Å². The molecular weight excluding hydrogens is 212 g/mol. The second-order valence-corrected chi connectivity index (χ2v) is 6.39. The highest BCUT2D eigenvalue weighted by atomic mass is 16.2. The summed E-state index contributed by atoms with van der Waals surface area (Å²) >= 11 is 0. The lowest BCUT2D eigenvalue weighted by Crippen LogP contribution is -2.51. The zero-order chi connectivity index (χ0) is 11.9. The van der Waals surface area contributed by atoms with Gasteiger partial charge in [0.2, 0.25) is 5.91 Å². The fourth-order valence-corrected chi connectivity index (χ4v) is 3.29. The Balaban J connectivity index is 1.50. The minimum atomic E-state index is -0.197. The molecule has 0 atom stereocenters. The normalized spacial score (nSPS) is 26.7. The summed E-state index contributed by atoms with van der Waals surface area (Å²) in [7, 11) is 0. The lowest BCUT2D eigenvalue weighted by molar-refractivity contribution is -0.135. The predicted molar refractivity (Wildman–Crippen MR) is 67.3 cm³/mol. The molecule has 0 bridgehead atoms. The van der Waals surface area contributed by atoms with Gasteiger partial charge in [-0.25, -0.2) is 0 Å². The van der Waals surface area contributed by atoms with Gasteiger partial charge in [0.05, 0.1) is 5.41 Å². The van der Waals surface area contributed by atoms with E-state index in [-0.39, 0.29) is 11.3 Å². The summed E-state index contributed by atoms with van der Waals surface area (Å²) in [6, 6.07) is 0. The molecule has 1 amide bonds. The second kappa shape index (κ2) is 4.27. The maximum Gasteiger partial charge on any atom is 0.227 e. The predicted octanol–water partition coefficient (Wildman–Crippen LogP) is 1.67. The van der Waals surface area contributed by atoms with Gasteiger partial charge < -0.3 is 11.1 Å². The average Bonchev–Trinajstić information content (AvgIpc) is 3.12. The molecule has 3 fully saturated rings. The molecule has 0 saturated heterocycles. The van der Waals surface area contributed by atoms with E-state index in [1.165, 1.54) is 32.1 Å². The number of nitrogens with one attached hydrogen (secondary N) is 1. The van der Waals surface area contributed by atoms with Crippen LogP contribution in [-0.2, 0) is 4.79 Å². The lowest BCUT2D eigenvalue weighted by atomic mass is 9.68.